The van der Waals surface area contributed by atoms with E-state index < -0.39 is 11.6 Å². The number of anilines is 1. The Labute approximate surface area is 122 Å². The van der Waals surface area contributed by atoms with Crippen molar-refractivity contribution in [2.75, 3.05) is 5.73 Å². The number of nitrogen functional groups attached to an aromatic ring is 1. The maximum absolute atomic E-state index is 14.1. The first-order chi connectivity index (χ1) is 9.47. The van der Waals surface area contributed by atoms with Crippen LogP contribution in [-0.2, 0) is 0 Å². The molecule has 0 radical (unpaired) electrons. The van der Waals surface area contributed by atoms with Gasteiger partial charge in [-0.15, -0.1) is 0 Å². The number of hydrogen-bond acceptors (Lipinski definition) is 2. The lowest BCUT2D eigenvalue weighted by Crippen LogP contribution is -2.04. The SMILES string of the molecule is Cc1ccc2nc(N)n(-c3cc(F)c(Br)cc3F)c2c1. The summed E-state index contributed by atoms with van der Waals surface area (Å²) in [6.07, 6.45) is 0. The highest BCUT2D eigenvalue weighted by molar-refractivity contribution is 9.10. The van der Waals surface area contributed by atoms with Gasteiger partial charge in [-0.25, -0.2) is 13.8 Å². The van der Waals surface area contributed by atoms with Crippen LogP contribution in [0, 0.1) is 18.6 Å². The van der Waals surface area contributed by atoms with Gasteiger partial charge >= 0.3 is 0 Å². The number of halogens is 3. The van der Waals surface area contributed by atoms with Crippen LogP contribution in [0.3, 0.4) is 0 Å². The summed E-state index contributed by atoms with van der Waals surface area (Å²) in [7, 11) is 0. The molecule has 0 amide bonds. The molecular formula is C14H10BrF2N3. The normalized spacial score (nSPS) is 11.2. The molecule has 2 aromatic carbocycles. The lowest BCUT2D eigenvalue weighted by molar-refractivity contribution is 0.589. The van der Waals surface area contributed by atoms with E-state index in [0.717, 1.165) is 17.7 Å². The third-order valence-corrected chi connectivity index (χ3v) is 3.67. The number of hydrogen-bond donors (Lipinski definition) is 1. The summed E-state index contributed by atoms with van der Waals surface area (Å²) in [5, 5.41) is 0. The van der Waals surface area contributed by atoms with E-state index in [2.05, 4.69) is 20.9 Å². The summed E-state index contributed by atoms with van der Waals surface area (Å²) >= 11 is 2.95. The molecule has 0 atom stereocenters. The molecule has 0 spiro atoms. The third kappa shape index (κ3) is 1.96. The lowest BCUT2D eigenvalue weighted by atomic mass is 10.2. The quantitative estimate of drug-likeness (QED) is 0.683. The van der Waals surface area contributed by atoms with Crippen molar-refractivity contribution in [3.8, 4) is 5.69 Å². The molecule has 3 rings (SSSR count). The zero-order valence-corrected chi connectivity index (χ0v) is 12.1. The van der Waals surface area contributed by atoms with E-state index in [1.807, 2.05) is 19.1 Å². The highest BCUT2D eigenvalue weighted by Crippen LogP contribution is 2.28. The first-order valence-electron chi connectivity index (χ1n) is 5.87. The van der Waals surface area contributed by atoms with Crippen LogP contribution in [0.1, 0.15) is 5.56 Å². The second kappa shape index (κ2) is 4.56. The molecule has 3 aromatic rings. The number of nitrogens with two attached hydrogens (primary N) is 1. The van der Waals surface area contributed by atoms with Crippen molar-refractivity contribution < 1.29 is 8.78 Å². The fraction of sp³-hybridized carbons (Fsp3) is 0.0714. The molecule has 0 aliphatic heterocycles. The maximum atomic E-state index is 14.1. The van der Waals surface area contributed by atoms with Gasteiger partial charge in [0.2, 0.25) is 5.95 Å². The first-order valence-corrected chi connectivity index (χ1v) is 6.66. The highest BCUT2D eigenvalue weighted by atomic mass is 79.9. The molecule has 0 fully saturated rings. The molecule has 2 N–H and O–H groups in total. The van der Waals surface area contributed by atoms with Gasteiger partial charge in [0, 0.05) is 6.07 Å². The molecule has 0 aliphatic carbocycles. The second-order valence-corrected chi connectivity index (χ2v) is 5.37. The van der Waals surface area contributed by atoms with Crippen molar-refractivity contribution in [2.24, 2.45) is 0 Å². The average molecular weight is 338 g/mol. The molecule has 6 heteroatoms. The Balaban J connectivity index is 2.37. The van der Waals surface area contributed by atoms with Gasteiger partial charge < -0.3 is 5.73 Å². The van der Waals surface area contributed by atoms with E-state index in [4.69, 9.17) is 5.73 Å². The van der Waals surface area contributed by atoms with Gasteiger partial charge in [-0.3, -0.25) is 4.57 Å². The van der Waals surface area contributed by atoms with Crippen LogP contribution in [0.2, 0.25) is 0 Å². The molecule has 1 aromatic heterocycles. The zero-order valence-electron chi connectivity index (χ0n) is 10.5. The highest BCUT2D eigenvalue weighted by Gasteiger charge is 2.16. The predicted molar refractivity (Wildman–Crippen MR) is 77.8 cm³/mol. The van der Waals surface area contributed by atoms with Gasteiger partial charge in [-0.2, -0.15) is 0 Å². The fourth-order valence-electron chi connectivity index (χ4n) is 2.14. The van der Waals surface area contributed by atoms with E-state index in [0.29, 0.717) is 11.0 Å². The third-order valence-electron chi connectivity index (χ3n) is 3.07. The largest absolute Gasteiger partial charge is 0.369 e. The minimum Gasteiger partial charge on any atom is -0.369 e. The van der Waals surface area contributed by atoms with Gasteiger partial charge in [-0.05, 0) is 46.6 Å². The summed E-state index contributed by atoms with van der Waals surface area (Å²) in [6, 6.07) is 7.69. The van der Waals surface area contributed by atoms with Crippen molar-refractivity contribution in [1.82, 2.24) is 9.55 Å². The summed E-state index contributed by atoms with van der Waals surface area (Å²) in [4.78, 5) is 4.16. The standard InChI is InChI=1S/C14H10BrF2N3/c1-7-2-3-11-13(4-7)20(14(18)19-11)12-6-9(16)8(15)5-10(12)17/h2-6H,1H3,(H2,18,19). The van der Waals surface area contributed by atoms with E-state index in [9.17, 15) is 8.78 Å². The Morgan fingerprint density at radius 2 is 1.90 bits per heavy atom. The number of benzene rings is 2. The van der Waals surface area contributed by atoms with Crippen LogP contribution in [0.4, 0.5) is 14.7 Å². The summed E-state index contributed by atoms with van der Waals surface area (Å²) in [5.41, 5.74) is 8.14. The number of fused-ring (bicyclic) bond motifs is 1. The lowest BCUT2D eigenvalue weighted by Gasteiger charge is -2.09. The molecular weight excluding hydrogens is 328 g/mol. The Bertz CT molecular complexity index is 827. The van der Waals surface area contributed by atoms with Crippen LogP contribution in [0.15, 0.2) is 34.8 Å². The van der Waals surface area contributed by atoms with E-state index >= 15 is 0 Å². The van der Waals surface area contributed by atoms with Crippen molar-refractivity contribution in [3.05, 3.63) is 52.0 Å². The van der Waals surface area contributed by atoms with Crippen LogP contribution in [0.25, 0.3) is 16.7 Å². The Morgan fingerprint density at radius 3 is 2.65 bits per heavy atom. The van der Waals surface area contributed by atoms with E-state index in [1.165, 1.54) is 4.57 Å². The van der Waals surface area contributed by atoms with Gasteiger partial charge in [-0.1, -0.05) is 6.07 Å². The molecule has 0 saturated heterocycles. The Hall–Kier alpha value is -1.95. The van der Waals surface area contributed by atoms with Crippen molar-refractivity contribution in [2.45, 2.75) is 6.92 Å². The molecule has 0 saturated carbocycles. The topological polar surface area (TPSA) is 43.8 Å². The fourth-order valence-corrected chi connectivity index (χ4v) is 2.46. The molecule has 0 unspecified atom stereocenters. The number of aromatic nitrogens is 2. The summed E-state index contributed by atoms with van der Waals surface area (Å²) in [5.74, 6) is -1.02. The molecule has 3 nitrogen and oxygen atoms in total. The molecule has 1 heterocycles. The molecule has 20 heavy (non-hydrogen) atoms. The average Bonchev–Trinajstić information content (AvgIpc) is 2.69. The van der Waals surface area contributed by atoms with Gasteiger partial charge in [0.1, 0.15) is 11.6 Å². The maximum Gasteiger partial charge on any atom is 0.206 e. The second-order valence-electron chi connectivity index (χ2n) is 4.52. The summed E-state index contributed by atoms with van der Waals surface area (Å²) in [6.45, 7) is 1.91. The smallest absolute Gasteiger partial charge is 0.206 e. The van der Waals surface area contributed by atoms with Crippen LogP contribution < -0.4 is 5.73 Å². The summed E-state index contributed by atoms with van der Waals surface area (Å²) < 4.78 is 29.3. The first kappa shape index (κ1) is 13.1. The molecule has 102 valence electrons. The number of nitrogens with zero attached hydrogens (tertiary/aromatic N) is 2. The Kier molecular flexibility index (Phi) is 2.97. The van der Waals surface area contributed by atoms with Crippen molar-refractivity contribution in [3.63, 3.8) is 0 Å². The molecule has 0 aliphatic rings. The number of imidazole rings is 1. The minimum absolute atomic E-state index is 0.0382. The van der Waals surface area contributed by atoms with Gasteiger partial charge in [0.05, 0.1) is 21.2 Å². The Morgan fingerprint density at radius 1 is 1.15 bits per heavy atom. The van der Waals surface area contributed by atoms with Crippen molar-refractivity contribution >= 4 is 32.9 Å². The van der Waals surface area contributed by atoms with Gasteiger partial charge in [0.15, 0.2) is 0 Å². The number of rotatable bonds is 1. The zero-order chi connectivity index (χ0) is 14.4. The van der Waals surface area contributed by atoms with E-state index in [1.54, 1.807) is 6.07 Å². The van der Waals surface area contributed by atoms with Gasteiger partial charge in [0.25, 0.3) is 0 Å². The van der Waals surface area contributed by atoms with Crippen LogP contribution >= 0.6 is 15.9 Å². The van der Waals surface area contributed by atoms with E-state index in [-0.39, 0.29) is 16.1 Å². The predicted octanol–water partition coefficient (Wildman–Crippen LogP) is 3.96. The monoisotopic (exact) mass is 337 g/mol. The van der Waals surface area contributed by atoms with Crippen LogP contribution in [0.5, 0.6) is 0 Å². The van der Waals surface area contributed by atoms with Crippen LogP contribution in [-0.4, -0.2) is 9.55 Å². The molecule has 0 bridgehead atoms. The van der Waals surface area contributed by atoms with Crippen molar-refractivity contribution in [1.29, 1.82) is 0 Å². The minimum atomic E-state index is -0.578. The number of aryl methyl sites for hydroxylation is 1.